The highest BCUT2D eigenvalue weighted by Gasteiger charge is 2.26. The molecule has 0 aromatic heterocycles. The molecule has 39 heavy (non-hydrogen) atoms. The summed E-state index contributed by atoms with van der Waals surface area (Å²) in [5, 5.41) is 12.0. The van der Waals surface area contributed by atoms with Gasteiger partial charge < -0.3 is 0 Å². The Morgan fingerprint density at radius 3 is 1.59 bits per heavy atom. The van der Waals surface area contributed by atoms with Crippen molar-refractivity contribution in [3.05, 3.63) is 112 Å². The molecule has 0 bridgehead atoms. The van der Waals surface area contributed by atoms with Crippen molar-refractivity contribution >= 4 is 48.9 Å². The summed E-state index contributed by atoms with van der Waals surface area (Å²) in [5.41, 5.74) is 1.73. The van der Waals surface area contributed by atoms with Crippen LogP contribution in [0.15, 0.2) is 105 Å². The van der Waals surface area contributed by atoms with Crippen molar-refractivity contribution in [3.63, 3.8) is 0 Å². The quantitative estimate of drug-likeness (QED) is 0.175. The Morgan fingerprint density at radius 2 is 1.13 bits per heavy atom. The molecule has 4 aromatic carbocycles. The number of nitrogens with zero attached hydrogens (tertiary/aromatic N) is 1. The van der Waals surface area contributed by atoms with Crippen LogP contribution in [0.1, 0.15) is 16.7 Å². The standard InChI is InChI=1S/C27H25N3O6S3/c1-18-8-12-21(13-9-18)38(33,34)28-23-16-25(30(31)32)27(37-26-7-5-4-6-20(26)3)17-24(23)29-39(35,36)22-14-10-19(2)11-15-22/h4-17,28-29H,1-3H3. The number of nitrogens with one attached hydrogen (secondary N) is 2. The SMILES string of the molecule is Cc1ccc(S(=O)(=O)Nc2cc(Sc3ccccc3C)c([N+](=O)[O-])cc2NS(=O)(=O)c2ccc(C)cc2)cc1. The number of hydrogen-bond acceptors (Lipinski definition) is 7. The molecular weight excluding hydrogens is 559 g/mol. The van der Waals surface area contributed by atoms with E-state index in [-0.39, 0.29) is 31.7 Å². The molecule has 0 heterocycles. The molecule has 0 fully saturated rings. The van der Waals surface area contributed by atoms with E-state index in [1.807, 2.05) is 26.0 Å². The maximum Gasteiger partial charge on any atom is 0.285 e. The topological polar surface area (TPSA) is 135 Å². The number of benzene rings is 4. The zero-order valence-corrected chi connectivity index (χ0v) is 23.7. The zero-order valence-electron chi connectivity index (χ0n) is 21.2. The van der Waals surface area contributed by atoms with Crippen LogP contribution in [0.4, 0.5) is 17.1 Å². The summed E-state index contributed by atoms with van der Waals surface area (Å²) in [6.45, 7) is 5.46. The number of rotatable bonds is 9. The fraction of sp³-hybridized carbons (Fsp3) is 0.111. The Bertz CT molecular complexity index is 1750. The normalized spacial score (nSPS) is 11.7. The van der Waals surface area contributed by atoms with Crippen LogP contribution < -0.4 is 9.44 Å². The van der Waals surface area contributed by atoms with Gasteiger partial charge in [0.25, 0.3) is 25.7 Å². The summed E-state index contributed by atoms with van der Waals surface area (Å²) in [6.07, 6.45) is 0. The summed E-state index contributed by atoms with van der Waals surface area (Å²) in [4.78, 5) is 12.1. The van der Waals surface area contributed by atoms with E-state index in [0.29, 0.717) is 0 Å². The van der Waals surface area contributed by atoms with Crippen molar-refractivity contribution in [3.8, 4) is 0 Å². The highest BCUT2D eigenvalue weighted by atomic mass is 32.2. The molecule has 0 atom stereocenters. The van der Waals surface area contributed by atoms with Crippen molar-refractivity contribution in [2.45, 2.75) is 40.4 Å². The van der Waals surface area contributed by atoms with Crippen LogP contribution in [-0.4, -0.2) is 21.8 Å². The van der Waals surface area contributed by atoms with Crippen LogP contribution in [0.5, 0.6) is 0 Å². The number of nitro groups is 1. The van der Waals surface area contributed by atoms with Crippen LogP contribution in [-0.2, 0) is 20.0 Å². The molecule has 4 aromatic rings. The van der Waals surface area contributed by atoms with Gasteiger partial charge in [-0.15, -0.1) is 0 Å². The van der Waals surface area contributed by atoms with Gasteiger partial charge in [0.15, 0.2) is 0 Å². The molecular formula is C27H25N3O6S3. The van der Waals surface area contributed by atoms with Crippen molar-refractivity contribution in [2.75, 3.05) is 9.44 Å². The molecule has 0 unspecified atom stereocenters. The molecule has 0 saturated carbocycles. The molecule has 2 N–H and O–H groups in total. The molecule has 0 aliphatic rings. The lowest BCUT2D eigenvalue weighted by atomic mass is 10.2. The third kappa shape index (κ3) is 6.59. The van der Waals surface area contributed by atoms with Gasteiger partial charge in [0, 0.05) is 11.0 Å². The van der Waals surface area contributed by atoms with E-state index < -0.39 is 25.0 Å². The van der Waals surface area contributed by atoms with Crippen LogP contribution in [0.3, 0.4) is 0 Å². The average molecular weight is 584 g/mol. The van der Waals surface area contributed by atoms with Crippen LogP contribution in [0, 0.1) is 30.9 Å². The number of hydrogen-bond donors (Lipinski definition) is 2. The Kier molecular flexibility index (Phi) is 8.00. The second kappa shape index (κ2) is 11.1. The van der Waals surface area contributed by atoms with Gasteiger partial charge in [-0.1, -0.05) is 65.4 Å². The first kappa shape index (κ1) is 28.1. The lowest BCUT2D eigenvalue weighted by Gasteiger charge is -2.17. The summed E-state index contributed by atoms with van der Waals surface area (Å²) < 4.78 is 57.6. The van der Waals surface area contributed by atoms with Crippen molar-refractivity contribution in [1.82, 2.24) is 0 Å². The van der Waals surface area contributed by atoms with Crippen molar-refractivity contribution in [1.29, 1.82) is 0 Å². The smallest absolute Gasteiger partial charge is 0.277 e. The van der Waals surface area contributed by atoms with E-state index in [2.05, 4.69) is 9.44 Å². The third-order valence-electron chi connectivity index (χ3n) is 5.76. The van der Waals surface area contributed by atoms with E-state index in [0.717, 1.165) is 39.4 Å². The van der Waals surface area contributed by atoms with E-state index >= 15 is 0 Å². The number of nitro benzene ring substituents is 1. The maximum atomic E-state index is 13.3. The van der Waals surface area contributed by atoms with Gasteiger partial charge >= 0.3 is 0 Å². The average Bonchev–Trinajstić information content (AvgIpc) is 2.87. The van der Waals surface area contributed by atoms with Gasteiger partial charge in [0.05, 0.1) is 31.0 Å². The fourth-order valence-corrected chi connectivity index (χ4v) is 6.76. The Labute approximate surface area is 231 Å². The number of anilines is 2. The molecule has 9 nitrogen and oxygen atoms in total. The Balaban J connectivity index is 1.86. The lowest BCUT2D eigenvalue weighted by Crippen LogP contribution is -2.18. The second-order valence-corrected chi connectivity index (χ2v) is 13.3. The van der Waals surface area contributed by atoms with E-state index in [1.54, 1.807) is 43.3 Å². The highest BCUT2D eigenvalue weighted by molar-refractivity contribution is 7.99. The van der Waals surface area contributed by atoms with Crippen LogP contribution in [0.2, 0.25) is 0 Å². The molecule has 0 amide bonds. The largest absolute Gasteiger partial charge is 0.285 e. The van der Waals surface area contributed by atoms with Gasteiger partial charge in [-0.2, -0.15) is 0 Å². The summed E-state index contributed by atoms with van der Waals surface area (Å²) in [7, 11) is -8.39. The third-order valence-corrected chi connectivity index (χ3v) is 9.75. The predicted molar refractivity (Wildman–Crippen MR) is 152 cm³/mol. The molecule has 0 spiro atoms. The zero-order chi connectivity index (χ0) is 28.4. The van der Waals surface area contributed by atoms with Crippen molar-refractivity contribution in [2.24, 2.45) is 0 Å². The van der Waals surface area contributed by atoms with Crippen LogP contribution >= 0.6 is 11.8 Å². The molecule has 4 rings (SSSR count). The number of sulfonamides is 2. The first-order chi connectivity index (χ1) is 18.4. The minimum atomic E-state index is -4.21. The molecule has 0 aliphatic heterocycles. The summed E-state index contributed by atoms with van der Waals surface area (Å²) in [5.74, 6) is 0. The molecule has 202 valence electrons. The first-order valence-corrected chi connectivity index (χ1v) is 15.4. The summed E-state index contributed by atoms with van der Waals surface area (Å²) in [6, 6.07) is 21.7. The van der Waals surface area contributed by atoms with Gasteiger partial charge in [0.1, 0.15) is 0 Å². The minimum absolute atomic E-state index is 0.0492. The maximum absolute atomic E-state index is 13.3. The second-order valence-electron chi connectivity index (χ2n) is 8.83. The van der Waals surface area contributed by atoms with Gasteiger partial charge in [-0.25, -0.2) is 16.8 Å². The fourth-order valence-electron chi connectivity index (χ4n) is 3.59. The summed E-state index contributed by atoms with van der Waals surface area (Å²) >= 11 is 1.08. The number of aryl methyl sites for hydroxylation is 3. The van der Waals surface area contributed by atoms with Crippen LogP contribution in [0.25, 0.3) is 0 Å². The molecule has 0 aliphatic carbocycles. The van der Waals surface area contributed by atoms with Crippen molar-refractivity contribution < 1.29 is 21.8 Å². The Morgan fingerprint density at radius 1 is 0.667 bits per heavy atom. The molecule has 12 heteroatoms. The first-order valence-electron chi connectivity index (χ1n) is 11.6. The monoisotopic (exact) mass is 583 g/mol. The Hall–Kier alpha value is -3.87. The lowest BCUT2D eigenvalue weighted by molar-refractivity contribution is -0.387. The van der Waals surface area contributed by atoms with Gasteiger partial charge in [0.2, 0.25) is 0 Å². The highest BCUT2D eigenvalue weighted by Crippen LogP contribution is 2.42. The van der Waals surface area contributed by atoms with Gasteiger partial charge in [-0.3, -0.25) is 19.6 Å². The molecule has 0 saturated heterocycles. The minimum Gasteiger partial charge on any atom is -0.277 e. The van der Waals surface area contributed by atoms with E-state index in [9.17, 15) is 26.9 Å². The van der Waals surface area contributed by atoms with Gasteiger partial charge in [-0.05, 0) is 62.7 Å². The van der Waals surface area contributed by atoms with E-state index in [4.69, 9.17) is 0 Å². The van der Waals surface area contributed by atoms with E-state index in [1.165, 1.54) is 30.3 Å². The molecule has 0 radical (unpaired) electrons. The predicted octanol–water partition coefficient (Wildman–Crippen LogP) is 6.27.